The van der Waals surface area contributed by atoms with Crippen molar-refractivity contribution < 1.29 is 9.53 Å². The van der Waals surface area contributed by atoms with E-state index in [0.29, 0.717) is 17.6 Å². The summed E-state index contributed by atoms with van der Waals surface area (Å²) in [6.45, 7) is 2.65. The maximum absolute atomic E-state index is 12.0. The molecule has 0 radical (unpaired) electrons. The number of hydrogen-bond acceptors (Lipinski definition) is 4. The molecule has 0 aromatic carbocycles. The van der Waals surface area contributed by atoms with E-state index in [4.69, 9.17) is 16.3 Å². The predicted octanol–water partition coefficient (Wildman–Crippen LogP) is 1.88. The van der Waals surface area contributed by atoms with Crippen LogP contribution in [0.1, 0.15) is 19.8 Å². The van der Waals surface area contributed by atoms with Gasteiger partial charge in [-0.25, -0.2) is 9.97 Å². The monoisotopic (exact) mass is 255 g/mol. The molecule has 0 bridgehead atoms. The zero-order valence-corrected chi connectivity index (χ0v) is 10.3. The number of amides is 1. The van der Waals surface area contributed by atoms with Crippen molar-refractivity contribution in [3.8, 4) is 0 Å². The van der Waals surface area contributed by atoms with Gasteiger partial charge >= 0.3 is 0 Å². The van der Waals surface area contributed by atoms with Crippen molar-refractivity contribution in [2.75, 3.05) is 11.9 Å². The van der Waals surface area contributed by atoms with Gasteiger partial charge in [-0.15, -0.1) is 0 Å². The van der Waals surface area contributed by atoms with E-state index in [2.05, 4.69) is 15.3 Å². The first-order valence-electron chi connectivity index (χ1n) is 5.60. The molecule has 1 fully saturated rings. The Morgan fingerprint density at radius 1 is 1.59 bits per heavy atom. The summed E-state index contributed by atoms with van der Waals surface area (Å²) >= 11 is 5.61. The third-order valence-electron chi connectivity index (χ3n) is 2.82. The quantitative estimate of drug-likeness (QED) is 0.896. The highest BCUT2D eigenvalue weighted by Crippen LogP contribution is 2.24. The number of aromatic nitrogens is 2. The number of carbonyl (C=O) groups excluding carboxylic acids is 1. The average Bonchev–Trinajstić information content (AvgIpc) is 2.80. The highest BCUT2D eigenvalue weighted by Gasteiger charge is 2.32. The van der Waals surface area contributed by atoms with E-state index in [0.717, 1.165) is 12.8 Å². The van der Waals surface area contributed by atoms with Crippen LogP contribution in [0.3, 0.4) is 0 Å². The first kappa shape index (κ1) is 12.3. The van der Waals surface area contributed by atoms with Gasteiger partial charge in [0.1, 0.15) is 5.15 Å². The molecule has 2 rings (SSSR count). The van der Waals surface area contributed by atoms with Crippen LogP contribution < -0.4 is 5.32 Å². The number of nitrogens with one attached hydrogen (secondary N) is 1. The fraction of sp³-hybridized carbons (Fsp3) is 0.545. The average molecular weight is 256 g/mol. The van der Waals surface area contributed by atoms with E-state index < -0.39 is 0 Å². The van der Waals surface area contributed by atoms with Crippen molar-refractivity contribution in [1.82, 2.24) is 9.97 Å². The van der Waals surface area contributed by atoms with Gasteiger partial charge in [-0.1, -0.05) is 18.5 Å². The fourth-order valence-electron chi connectivity index (χ4n) is 1.95. The first-order chi connectivity index (χ1) is 8.20. The zero-order valence-electron chi connectivity index (χ0n) is 9.52. The largest absolute Gasteiger partial charge is 0.377 e. The van der Waals surface area contributed by atoms with Crippen molar-refractivity contribution in [3.63, 3.8) is 0 Å². The molecule has 2 unspecified atom stereocenters. The van der Waals surface area contributed by atoms with Gasteiger partial charge in [0.15, 0.2) is 5.82 Å². The number of rotatable bonds is 3. The minimum absolute atomic E-state index is 0.00950. The fourth-order valence-corrected chi connectivity index (χ4v) is 2.04. The van der Waals surface area contributed by atoms with Crippen molar-refractivity contribution in [2.45, 2.75) is 25.9 Å². The molecule has 1 N–H and O–H groups in total. The summed E-state index contributed by atoms with van der Waals surface area (Å²) in [5.41, 5.74) is 0. The minimum Gasteiger partial charge on any atom is -0.377 e. The van der Waals surface area contributed by atoms with Crippen molar-refractivity contribution >= 4 is 23.3 Å². The van der Waals surface area contributed by atoms with Crippen LogP contribution in [0.4, 0.5) is 5.82 Å². The molecule has 2 atom stereocenters. The van der Waals surface area contributed by atoms with Crippen LogP contribution in [0, 0.1) is 5.92 Å². The summed E-state index contributed by atoms with van der Waals surface area (Å²) in [5, 5.41) is 3.03. The second kappa shape index (κ2) is 5.42. The third-order valence-corrected chi connectivity index (χ3v) is 3.02. The lowest BCUT2D eigenvalue weighted by atomic mass is 9.99. The molecule has 1 aromatic rings. The molecular formula is C11H14ClN3O2. The van der Waals surface area contributed by atoms with Crippen molar-refractivity contribution in [1.29, 1.82) is 0 Å². The molecule has 0 spiro atoms. The van der Waals surface area contributed by atoms with Gasteiger partial charge in [0.05, 0.1) is 24.4 Å². The summed E-state index contributed by atoms with van der Waals surface area (Å²) in [5.74, 6) is 0.254. The maximum Gasteiger partial charge on any atom is 0.231 e. The lowest BCUT2D eigenvalue weighted by Crippen LogP contribution is -2.29. The van der Waals surface area contributed by atoms with Crippen LogP contribution in [0.25, 0.3) is 0 Å². The minimum atomic E-state index is -0.0996. The van der Waals surface area contributed by atoms with Gasteiger partial charge in [0.2, 0.25) is 5.91 Å². The highest BCUT2D eigenvalue weighted by molar-refractivity contribution is 6.29. The van der Waals surface area contributed by atoms with Gasteiger partial charge in [-0.05, 0) is 12.8 Å². The number of hydrogen-bond donors (Lipinski definition) is 1. The molecule has 5 nitrogen and oxygen atoms in total. The van der Waals surface area contributed by atoms with Gasteiger partial charge in [0, 0.05) is 6.61 Å². The van der Waals surface area contributed by atoms with Crippen LogP contribution in [-0.2, 0) is 9.53 Å². The number of anilines is 1. The molecule has 1 aliphatic heterocycles. The lowest BCUT2D eigenvalue weighted by Gasteiger charge is -2.15. The molecule has 6 heteroatoms. The van der Waals surface area contributed by atoms with Crippen LogP contribution in [0.2, 0.25) is 5.15 Å². The van der Waals surface area contributed by atoms with Crippen molar-refractivity contribution in [2.24, 2.45) is 5.92 Å². The molecule has 1 amide bonds. The van der Waals surface area contributed by atoms with E-state index in [1.165, 1.54) is 12.4 Å². The molecule has 0 aliphatic carbocycles. The van der Waals surface area contributed by atoms with Gasteiger partial charge < -0.3 is 10.1 Å². The topological polar surface area (TPSA) is 64.1 Å². The van der Waals surface area contributed by atoms with Crippen LogP contribution in [-0.4, -0.2) is 28.6 Å². The predicted molar refractivity (Wildman–Crippen MR) is 63.8 cm³/mol. The number of carbonyl (C=O) groups is 1. The van der Waals surface area contributed by atoms with Crippen LogP contribution in [0.5, 0.6) is 0 Å². The Balaban J connectivity index is 1.99. The lowest BCUT2D eigenvalue weighted by molar-refractivity contribution is -0.121. The summed E-state index contributed by atoms with van der Waals surface area (Å²) < 4.78 is 5.47. The second-order valence-electron chi connectivity index (χ2n) is 3.93. The Hall–Kier alpha value is -1.20. The van der Waals surface area contributed by atoms with E-state index in [1.54, 1.807) is 0 Å². The molecule has 17 heavy (non-hydrogen) atoms. The molecule has 2 heterocycles. The van der Waals surface area contributed by atoms with E-state index in [-0.39, 0.29) is 17.9 Å². The Morgan fingerprint density at radius 2 is 2.41 bits per heavy atom. The Bertz CT molecular complexity index is 396. The number of halogens is 1. The van der Waals surface area contributed by atoms with Crippen LogP contribution >= 0.6 is 11.6 Å². The van der Waals surface area contributed by atoms with Crippen molar-refractivity contribution in [3.05, 3.63) is 17.5 Å². The zero-order chi connectivity index (χ0) is 12.3. The molecule has 1 aromatic heterocycles. The van der Waals surface area contributed by atoms with Crippen LogP contribution in [0.15, 0.2) is 12.4 Å². The molecule has 1 saturated heterocycles. The first-order valence-corrected chi connectivity index (χ1v) is 5.98. The number of nitrogens with zero attached hydrogens (tertiary/aromatic N) is 2. The standard InChI is InChI=1S/C11H14ClN3O2/c1-2-8-7(3-4-17-8)11(16)15-10-6-13-9(12)5-14-10/h5-8H,2-4H2,1H3,(H,14,15,16). The Labute approximate surface area is 105 Å². The Kier molecular flexibility index (Phi) is 3.91. The molecular weight excluding hydrogens is 242 g/mol. The van der Waals surface area contributed by atoms with Gasteiger partial charge in [-0.2, -0.15) is 0 Å². The van der Waals surface area contributed by atoms with E-state index in [1.807, 2.05) is 6.92 Å². The summed E-state index contributed by atoms with van der Waals surface area (Å²) in [6.07, 6.45) is 4.45. The normalized spacial score (nSPS) is 23.6. The molecule has 0 saturated carbocycles. The second-order valence-corrected chi connectivity index (χ2v) is 4.31. The highest BCUT2D eigenvalue weighted by atomic mass is 35.5. The maximum atomic E-state index is 12.0. The molecule has 1 aliphatic rings. The SMILES string of the molecule is CCC1OCCC1C(=O)Nc1cnc(Cl)cn1. The van der Waals surface area contributed by atoms with E-state index >= 15 is 0 Å². The number of ether oxygens (including phenoxy) is 1. The summed E-state index contributed by atoms with van der Waals surface area (Å²) in [6, 6.07) is 0. The smallest absolute Gasteiger partial charge is 0.231 e. The van der Waals surface area contributed by atoms with Gasteiger partial charge in [-0.3, -0.25) is 4.79 Å². The molecule has 92 valence electrons. The Morgan fingerprint density at radius 3 is 3.06 bits per heavy atom. The van der Waals surface area contributed by atoms with Gasteiger partial charge in [0.25, 0.3) is 0 Å². The third kappa shape index (κ3) is 2.92. The summed E-state index contributed by atoms with van der Waals surface area (Å²) in [4.78, 5) is 19.8. The van der Waals surface area contributed by atoms with E-state index in [9.17, 15) is 4.79 Å². The summed E-state index contributed by atoms with van der Waals surface area (Å²) in [7, 11) is 0.